The van der Waals surface area contributed by atoms with Crippen LogP contribution in [0.25, 0.3) is 10.9 Å². The fourth-order valence-corrected chi connectivity index (χ4v) is 4.01. The Morgan fingerprint density at radius 2 is 1.97 bits per heavy atom. The molecule has 1 saturated heterocycles. The van der Waals surface area contributed by atoms with Crippen molar-refractivity contribution in [3.63, 3.8) is 0 Å². The summed E-state index contributed by atoms with van der Waals surface area (Å²) in [4.78, 5) is 21.5. The molecule has 3 aromatic rings. The molecule has 0 saturated carbocycles. The average Bonchev–Trinajstić information content (AvgIpc) is 3.14. The molecule has 2 aromatic heterocycles. The number of aromatic nitrogens is 2. The van der Waals surface area contributed by atoms with Crippen molar-refractivity contribution in [3.05, 3.63) is 58.9 Å². The quantitative estimate of drug-likeness (QED) is 0.619. The van der Waals surface area contributed by atoms with Crippen molar-refractivity contribution in [1.82, 2.24) is 15.3 Å². The van der Waals surface area contributed by atoms with E-state index in [1.807, 2.05) is 35.2 Å². The number of piperidine rings is 1. The first-order valence-corrected chi connectivity index (χ1v) is 10.0. The molecule has 3 heterocycles. The number of anilines is 1. The Balaban J connectivity index is 1.32. The van der Waals surface area contributed by atoms with Gasteiger partial charge in [0.2, 0.25) is 5.91 Å². The highest BCUT2D eigenvalue weighted by Gasteiger charge is 2.33. The summed E-state index contributed by atoms with van der Waals surface area (Å²) in [7, 11) is 0. The van der Waals surface area contributed by atoms with Crippen molar-refractivity contribution < 1.29 is 18.0 Å². The molecule has 0 radical (unpaired) electrons. The number of H-pyrrole nitrogens is 1. The molecule has 0 spiro atoms. The highest BCUT2D eigenvalue weighted by atomic mass is 35.5. The number of fused-ring (bicyclic) bond motifs is 1. The minimum Gasteiger partial charge on any atom is -0.357 e. The van der Waals surface area contributed by atoms with Crippen LogP contribution in [0.2, 0.25) is 5.02 Å². The lowest BCUT2D eigenvalue weighted by atomic mass is 9.96. The monoisotopic (exact) mass is 436 g/mol. The number of carbonyl (C=O) groups excluding carboxylic acids is 1. The molecule has 30 heavy (non-hydrogen) atoms. The first-order valence-electron chi connectivity index (χ1n) is 9.63. The van der Waals surface area contributed by atoms with Crippen molar-refractivity contribution in [2.45, 2.75) is 25.6 Å². The van der Waals surface area contributed by atoms with E-state index in [0.717, 1.165) is 28.9 Å². The molecule has 1 aliphatic rings. The highest BCUT2D eigenvalue weighted by Crippen LogP contribution is 2.34. The number of alkyl halides is 3. The van der Waals surface area contributed by atoms with Crippen LogP contribution in [0.1, 0.15) is 24.1 Å². The van der Waals surface area contributed by atoms with Crippen molar-refractivity contribution in [2.75, 3.05) is 18.0 Å². The van der Waals surface area contributed by atoms with Gasteiger partial charge in [-0.25, -0.2) is 4.98 Å². The fraction of sp³-hybridized carbons (Fsp3) is 0.333. The van der Waals surface area contributed by atoms with Crippen LogP contribution in [-0.2, 0) is 17.5 Å². The third-order valence-electron chi connectivity index (χ3n) is 5.35. The van der Waals surface area contributed by atoms with Gasteiger partial charge < -0.3 is 15.2 Å². The lowest BCUT2D eigenvalue weighted by Gasteiger charge is -2.32. The van der Waals surface area contributed by atoms with Crippen LogP contribution < -0.4 is 10.2 Å². The summed E-state index contributed by atoms with van der Waals surface area (Å²) in [6.45, 7) is 1.42. The van der Waals surface area contributed by atoms with Crippen LogP contribution in [0, 0.1) is 5.92 Å². The van der Waals surface area contributed by atoms with E-state index in [2.05, 4.69) is 15.3 Å². The largest absolute Gasteiger partial charge is 0.417 e. The number of amides is 1. The van der Waals surface area contributed by atoms with E-state index in [1.54, 1.807) is 0 Å². The molecular formula is C21H20ClF3N4O. The van der Waals surface area contributed by atoms with Crippen molar-refractivity contribution in [2.24, 2.45) is 5.92 Å². The average molecular weight is 437 g/mol. The lowest BCUT2D eigenvalue weighted by Crippen LogP contribution is -2.40. The molecule has 1 amide bonds. The zero-order valence-corrected chi connectivity index (χ0v) is 16.7. The number of hydrogen-bond acceptors (Lipinski definition) is 3. The number of benzene rings is 1. The molecule has 158 valence electrons. The smallest absolute Gasteiger partial charge is 0.357 e. The van der Waals surface area contributed by atoms with E-state index in [0.29, 0.717) is 38.3 Å². The van der Waals surface area contributed by atoms with Gasteiger partial charge >= 0.3 is 6.18 Å². The minimum atomic E-state index is -4.48. The van der Waals surface area contributed by atoms with E-state index >= 15 is 0 Å². The Morgan fingerprint density at radius 3 is 2.63 bits per heavy atom. The third-order valence-corrected chi connectivity index (χ3v) is 5.63. The number of aromatic amines is 1. The topological polar surface area (TPSA) is 61.0 Å². The number of nitrogens with one attached hydrogen (secondary N) is 2. The number of rotatable bonds is 4. The second-order valence-corrected chi connectivity index (χ2v) is 7.80. The summed E-state index contributed by atoms with van der Waals surface area (Å²) in [6, 6.07) is 10.8. The van der Waals surface area contributed by atoms with Gasteiger partial charge in [-0.1, -0.05) is 29.8 Å². The Morgan fingerprint density at radius 1 is 1.23 bits per heavy atom. The second-order valence-electron chi connectivity index (χ2n) is 7.39. The summed E-state index contributed by atoms with van der Waals surface area (Å²) in [5, 5.41) is 4.02. The maximum atomic E-state index is 12.8. The van der Waals surface area contributed by atoms with Gasteiger partial charge in [-0.15, -0.1) is 0 Å². The van der Waals surface area contributed by atoms with Gasteiger partial charge in [-0.05, 0) is 36.4 Å². The van der Waals surface area contributed by atoms with Gasteiger partial charge in [0.05, 0.1) is 17.1 Å². The number of carbonyl (C=O) groups is 1. The second kappa shape index (κ2) is 8.18. The first-order chi connectivity index (χ1) is 14.3. The van der Waals surface area contributed by atoms with Crippen LogP contribution >= 0.6 is 11.6 Å². The summed E-state index contributed by atoms with van der Waals surface area (Å²) in [5.74, 6) is 0.139. The normalized spacial score (nSPS) is 15.5. The van der Waals surface area contributed by atoms with Crippen LogP contribution in [0.3, 0.4) is 0 Å². The molecule has 1 aromatic carbocycles. The Labute approximate surface area is 176 Å². The number of halogens is 4. The van der Waals surface area contributed by atoms with Crippen LogP contribution in [0.15, 0.2) is 42.6 Å². The molecule has 4 rings (SSSR count). The third kappa shape index (κ3) is 4.38. The van der Waals surface area contributed by atoms with Crippen LogP contribution in [-0.4, -0.2) is 29.0 Å². The molecular weight excluding hydrogens is 417 g/mol. The van der Waals surface area contributed by atoms with Crippen molar-refractivity contribution >= 4 is 34.2 Å². The molecule has 9 heteroatoms. The first kappa shape index (κ1) is 20.5. The van der Waals surface area contributed by atoms with Crippen molar-refractivity contribution in [3.8, 4) is 0 Å². The van der Waals surface area contributed by atoms with E-state index < -0.39 is 11.7 Å². The molecule has 0 bridgehead atoms. The van der Waals surface area contributed by atoms with E-state index in [1.165, 1.54) is 0 Å². The zero-order valence-electron chi connectivity index (χ0n) is 16.0. The summed E-state index contributed by atoms with van der Waals surface area (Å²) in [5.41, 5.74) is 1.08. The molecule has 0 unspecified atom stereocenters. The van der Waals surface area contributed by atoms with Crippen LogP contribution in [0.5, 0.6) is 0 Å². The predicted molar refractivity (Wildman–Crippen MR) is 109 cm³/mol. The summed E-state index contributed by atoms with van der Waals surface area (Å²) in [6.07, 6.45) is -2.53. The maximum Gasteiger partial charge on any atom is 0.417 e. The predicted octanol–water partition coefficient (Wildman–Crippen LogP) is 4.77. The molecule has 0 atom stereocenters. The van der Waals surface area contributed by atoms with Gasteiger partial charge in [0, 0.05) is 36.4 Å². The fourth-order valence-electron chi connectivity index (χ4n) is 3.73. The number of pyridine rings is 1. The van der Waals surface area contributed by atoms with Crippen LogP contribution in [0.4, 0.5) is 19.0 Å². The van der Waals surface area contributed by atoms with Gasteiger partial charge in [0.25, 0.3) is 0 Å². The SMILES string of the molecule is O=C(NCc1cc2ccccc2[nH]1)C1CCN(c2ncc(C(F)(F)F)cc2Cl)CC1. The lowest BCUT2D eigenvalue weighted by molar-refractivity contribution is -0.137. The molecule has 0 aliphatic carbocycles. The molecule has 1 fully saturated rings. The van der Waals surface area contributed by atoms with E-state index in [-0.39, 0.29) is 16.8 Å². The summed E-state index contributed by atoms with van der Waals surface area (Å²) < 4.78 is 38.3. The van der Waals surface area contributed by atoms with E-state index in [9.17, 15) is 18.0 Å². The minimum absolute atomic E-state index is 0.0280. The zero-order chi connectivity index (χ0) is 21.3. The number of nitrogens with zero attached hydrogens (tertiary/aromatic N) is 2. The Kier molecular flexibility index (Phi) is 5.60. The maximum absolute atomic E-state index is 12.8. The summed E-state index contributed by atoms with van der Waals surface area (Å²) >= 11 is 6.03. The van der Waals surface area contributed by atoms with Gasteiger partial charge in [0.1, 0.15) is 5.82 Å². The van der Waals surface area contributed by atoms with Gasteiger partial charge in [-0.2, -0.15) is 13.2 Å². The highest BCUT2D eigenvalue weighted by molar-refractivity contribution is 6.33. The van der Waals surface area contributed by atoms with Gasteiger partial charge in [-0.3, -0.25) is 4.79 Å². The Bertz CT molecular complexity index is 1020. The van der Waals surface area contributed by atoms with E-state index in [4.69, 9.17) is 11.6 Å². The number of para-hydroxylation sites is 1. The molecule has 5 nitrogen and oxygen atoms in total. The van der Waals surface area contributed by atoms with Gasteiger partial charge in [0.15, 0.2) is 0 Å². The molecule has 2 N–H and O–H groups in total. The molecule has 1 aliphatic heterocycles. The number of hydrogen-bond donors (Lipinski definition) is 2. The Hall–Kier alpha value is -2.74. The standard InChI is InChI=1S/C21H20ClF3N4O/c22-17-10-15(21(23,24)25)11-26-19(17)29-7-5-13(6-8-29)20(30)27-12-16-9-14-3-1-2-4-18(14)28-16/h1-4,9-11,13,28H,5-8,12H2,(H,27,30). The van der Waals surface area contributed by atoms with Crippen molar-refractivity contribution in [1.29, 1.82) is 0 Å².